The quantitative estimate of drug-likeness (QED) is 0.0470. The van der Waals surface area contributed by atoms with Crippen LogP contribution in [0.15, 0.2) is 113 Å². The van der Waals surface area contributed by atoms with E-state index in [-0.39, 0.29) is 16.5 Å². The Hall–Kier alpha value is -4.93. The van der Waals surface area contributed by atoms with Gasteiger partial charge in [0.2, 0.25) is 5.13 Å². The number of benzene rings is 4. The zero-order valence-electron chi connectivity index (χ0n) is 26.0. The summed E-state index contributed by atoms with van der Waals surface area (Å²) in [6.45, 7) is 5.02. The number of hydrogen-bond acceptors (Lipinski definition) is 9. The summed E-state index contributed by atoms with van der Waals surface area (Å²) in [6.07, 6.45) is 0.860. The van der Waals surface area contributed by atoms with Crippen LogP contribution in [-0.4, -0.2) is 33.6 Å². The second-order valence-electron chi connectivity index (χ2n) is 11.0. The number of aromatic nitrogens is 2. The Morgan fingerprint density at radius 3 is 2.28 bits per heavy atom. The summed E-state index contributed by atoms with van der Waals surface area (Å²) in [5.41, 5.74) is 4.32. The van der Waals surface area contributed by atoms with Crippen molar-refractivity contribution in [1.82, 2.24) is 10.2 Å². The van der Waals surface area contributed by atoms with Crippen LogP contribution in [0.4, 0.5) is 5.13 Å². The molecule has 1 aromatic heterocycles. The molecule has 8 nitrogen and oxygen atoms in total. The molecule has 47 heavy (non-hydrogen) atoms. The SMILES string of the molecule is CCCOc1ccc(C2C(=C(O)c3ccc(OCc4ccccc4C)cc3)C(=O)C(=O)N2c2nnc(SCc3ccccc3)s2)cc1. The topological polar surface area (TPSA) is 102 Å². The summed E-state index contributed by atoms with van der Waals surface area (Å²) in [4.78, 5) is 28.6. The number of carbonyl (C=O) groups is 2. The smallest absolute Gasteiger partial charge is 0.301 e. The molecule has 1 atom stereocenters. The Morgan fingerprint density at radius 2 is 1.55 bits per heavy atom. The molecule has 0 saturated carbocycles. The lowest BCUT2D eigenvalue weighted by Crippen LogP contribution is -2.29. The summed E-state index contributed by atoms with van der Waals surface area (Å²) < 4.78 is 12.4. The van der Waals surface area contributed by atoms with Crippen molar-refractivity contribution in [1.29, 1.82) is 0 Å². The number of rotatable bonds is 12. The van der Waals surface area contributed by atoms with Gasteiger partial charge in [-0.05, 0) is 72.0 Å². The molecule has 1 N–H and O–H groups in total. The van der Waals surface area contributed by atoms with Crippen molar-refractivity contribution in [2.45, 2.75) is 43.0 Å². The summed E-state index contributed by atoms with van der Waals surface area (Å²) in [5, 5.41) is 20.5. The van der Waals surface area contributed by atoms with Crippen LogP contribution in [0.3, 0.4) is 0 Å². The number of aryl methyl sites for hydroxylation is 1. The molecule has 1 unspecified atom stereocenters. The fraction of sp³-hybridized carbons (Fsp3) is 0.189. The van der Waals surface area contributed by atoms with Crippen LogP contribution in [0.25, 0.3) is 5.76 Å². The van der Waals surface area contributed by atoms with Crippen molar-refractivity contribution in [2.24, 2.45) is 0 Å². The second kappa shape index (κ2) is 14.7. The van der Waals surface area contributed by atoms with Crippen molar-refractivity contribution in [3.63, 3.8) is 0 Å². The first kappa shape index (κ1) is 32.0. The Bertz CT molecular complexity index is 1890. The van der Waals surface area contributed by atoms with Crippen LogP contribution in [0, 0.1) is 6.92 Å². The Balaban J connectivity index is 1.31. The Morgan fingerprint density at radius 1 is 0.872 bits per heavy atom. The number of ether oxygens (including phenoxy) is 2. The lowest BCUT2D eigenvalue weighted by atomic mass is 9.95. The normalized spacial score (nSPS) is 15.6. The number of aliphatic hydroxyl groups excluding tert-OH is 1. The molecule has 1 aliphatic heterocycles. The third-order valence-corrected chi connectivity index (χ3v) is 9.83. The van der Waals surface area contributed by atoms with Crippen LogP contribution in [0.1, 0.15) is 47.2 Å². The number of amides is 1. The highest BCUT2D eigenvalue weighted by Crippen LogP contribution is 2.44. The van der Waals surface area contributed by atoms with Gasteiger partial charge in [0.05, 0.1) is 18.2 Å². The second-order valence-corrected chi connectivity index (χ2v) is 13.1. The summed E-state index contributed by atoms with van der Waals surface area (Å²) in [7, 11) is 0. The van der Waals surface area contributed by atoms with Crippen molar-refractivity contribution >= 4 is 45.7 Å². The molecule has 0 bridgehead atoms. The van der Waals surface area contributed by atoms with Crippen LogP contribution in [0.2, 0.25) is 0 Å². The molecule has 0 aliphatic carbocycles. The van der Waals surface area contributed by atoms with E-state index in [4.69, 9.17) is 9.47 Å². The van der Waals surface area contributed by atoms with Crippen molar-refractivity contribution in [2.75, 3.05) is 11.5 Å². The van der Waals surface area contributed by atoms with E-state index in [1.54, 1.807) is 48.5 Å². The van der Waals surface area contributed by atoms with Gasteiger partial charge in [-0.15, -0.1) is 10.2 Å². The van der Waals surface area contributed by atoms with Gasteiger partial charge in [-0.1, -0.05) is 96.8 Å². The van der Waals surface area contributed by atoms with Crippen LogP contribution in [-0.2, 0) is 21.9 Å². The number of thioether (sulfide) groups is 1. The van der Waals surface area contributed by atoms with Gasteiger partial charge in [0, 0.05) is 11.3 Å². The van der Waals surface area contributed by atoms with Crippen molar-refractivity contribution in [3.8, 4) is 11.5 Å². The summed E-state index contributed by atoms with van der Waals surface area (Å²) >= 11 is 2.73. The number of anilines is 1. The maximum atomic E-state index is 13.7. The van der Waals surface area contributed by atoms with E-state index < -0.39 is 17.7 Å². The minimum atomic E-state index is -0.924. The lowest BCUT2D eigenvalue weighted by Gasteiger charge is -2.22. The molecule has 4 aromatic carbocycles. The summed E-state index contributed by atoms with van der Waals surface area (Å²) in [5.74, 6) is 0.102. The molecule has 1 aliphatic rings. The van der Waals surface area contributed by atoms with E-state index in [1.165, 1.54) is 28.0 Å². The number of ketones is 1. The molecule has 2 heterocycles. The molecule has 0 radical (unpaired) electrons. The maximum absolute atomic E-state index is 13.7. The van der Waals surface area contributed by atoms with Crippen molar-refractivity contribution < 1.29 is 24.2 Å². The van der Waals surface area contributed by atoms with E-state index >= 15 is 0 Å². The van der Waals surface area contributed by atoms with E-state index in [1.807, 2.05) is 68.4 Å². The van der Waals surface area contributed by atoms with Crippen molar-refractivity contribution in [3.05, 3.63) is 137 Å². The number of hydrogen-bond donors (Lipinski definition) is 1. The zero-order valence-corrected chi connectivity index (χ0v) is 27.6. The highest BCUT2D eigenvalue weighted by molar-refractivity contribution is 8.00. The van der Waals surface area contributed by atoms with E-state index in [9.17, 15) is 14.7 Å². The maximum Gasteiger partial charge on any atom is 0.301 e. The van der Waals surface area contributed by atoms with Gasteiger partial charge in [-0.25, -0.2) is 0 Å². The molecule has 10 heteroatoms. The first-order valence-corrected chi connectivity index (χ1v) is 17.0. The Kier molecular flexibility index (Phi) is 9.99. The highest BCUT2D eigenvalue weighted by atomic mass is 32.2. The third kappa shape index (κ3) is 7.24. The fourth-order valence-electron chi connectivity index (χ4n) is 5.19. The van der Waals surface area contributed by atoms with Gasteiger partial charge in [-0.3, -0.25) is 14.5 Å². The number of aliphatic hydroxyl groups is 1. The minimum absolute atomic E-state index is 0.0282. The van der Waals surface area contributed by atoms with Crippen LogP contribution >= 0.6 is 23.1 Å². The fourth-order valence-corrected chi connectivity index (χ4v) is 7.01. The van der Waals surface area contributed by atoms with Gasteiger partial charge in [-0.2, -0.15) is 0 Å². The molecular weight excluding hydrogens is 631 g/mol. The molecular formula is C37H33N3O5S2. The molecule has 1 amide bonds. The number of Topliss-reactive ketones (excluding diaryl/α,β-unsaturated/α-hetero) is 1. The van der Waals surface area contributed by atoms with Crippen LogP contribution in [0.5, 0.6) is 11.5 Å². The minimum Gasteiger partial charge on any atom is -0.507 e. The van der Waals surface area contributed by atoms with E-state index in [2.05, 4.69) is 10.2 Å². The van der Waals surface area contributed by atoms with Crippen LogP contribution < -0.4 is 14.4 Å². The van der Waals surface area contributed by atoms with Gasteiger partial charge < -0.3 is 14.6 Å². The van der Waals surface area contributed by atoms with Gasteiger partial charge in [0.15, 0.2) is 4.34 Å². The summed E-state index contributed by atoms with van der Waals surface area (Å²) in [6, 6.07) is 31.1. The number of carbonyl (C=O) groups excluding carboxylic acids is 2. The zero-order chi connectivity index (χ0) is 32.8. The molecule has 0 spiro atoms. The first-order chi connectivity index (χ1) is 22.9. The first-order valence-electron chi connectivity index (χ1n) is 15.2. The molecule has 1 fully saturated rings. The number of nitrogens with zero attached hydrogens (tertiary/aromatic N) is 3. The largest absolute Gasteiger partial charge is 0.507 e. The highest BCUT2D eigenvalue weighted by Gasteiger charge is 2.48. The molecule has 1 saturated heterocycles. The Labute approximate surface area is 281 Å². The molecule has 238 valence electrons. The van der Waals surface area contributed by atoms with Gasteiger partial charge in [0.1, 0.15) is 23.9 Å². The molecule has 6 rings (SSSR count). The van der Waals surface area contributed by atoms with E-state index in [0.29, 0.717) is 45.9 Å². The van der Waals surface area contributed by atoms with Gasteiger partial charge >= 0.3 is 5.91 Å². The van der Waals surface area contributed by atoms with Gasteiger partial charge in [0.25, 0.3) is 5.78 Å². The predicted octanol–water partition coefficient (Wildman–Crippen LogP) is 8.13. The predicted molar refractivity (Wildman–Crippen MR) is 185 cm³/mol. The third-order valence-electron chi connectivity index (χ3n) is 7.70. The lowest BCUT2D eigenvalue weighted by molar-refractivity contribution is -0.132. The van der Waals surface area contributed by atoms with E-state index in [0.717, 1.165) is 23.1 Å². The monoisotopic (exact) mass is 663 g/mol. The standard InChI is InChI=1S/C37H33N3O5S2/c1-3-21-44-29-17-13-26(14-18-29)32-31(33(41)27-15-19-30(20-16-27)45-22-28-12-8-7-9-24(28)2)34(42)35(43)40(32)36-38-39-37(47-36)46-23-25-10-5-4-6-11-25/h4-20,32,41H,3,21-23H2,1-2H3. The average molecular weight is 664 g/mol. The average Bonchev–Trinajstić information content (AvgIpc) is 3.68. The molecule has 5 aromatic rings.